The molecule has 0 aliphatic rings. The second-order valence-electron chi connectivity index (χ2n) is 3.11. The molecule has 6 heteroatoms. The first-order valence-electron chi connectivity index (χ1n) is 4.58. The number of hydrogen-bond acceptors (Lipinski definition) is 3. The molecule has 0 aliphatic heterocycles. The van der Waals surface area contributed by atoms with Gasteiger partial charge in [-0.2, -0.15) is 0 Å². The third-order valence-corrected chi connectivity index (χ3v) is 1.90. The summed E-state index contributed by atoms with van der Waals surface area (Å²) in [5.74, 6) is -1.21. The van der Waals surface area contributed by atoms with Crippen LogP contribution in [0.1, 0.15) is 13.3 Å². The molecule has 82 valence electrons. The molecule has 1 aromatic heterocycles. The largest absolute Gasteiger partial charge is 0.480 e. The summed E-state index contributed by atoms with van der Waals surface area (Å²) in [4.78, 5) is 33.2. The lowest BCUT2D eigenvalue weighted by Gasteiger charge is -2.06. The highest BCUT2D eigenvalue weighted by Crippen LogP contribution is 1.83. The minimum atomic E-state index is -1.21. The number of nitrogens with zero attached hydrogens (tertiary/aromatic N) is 2. The number of aliphatic carboxylic acids is 1. The van der Waals surface area contributed by atoms with Gasteiger partial charge in [0, 0.05) is 18.8 Å². The van der Waals surface area contributed by atoms with Gasteiger partial charge in [-0.3, -0.25) is 9.59 Å². The number of carboxylic acids is 1. The van der Waals surface area contributed by atoms with Crippen LogP contribution in [-0.2, 0) is 17.9 Å². The van der Waals surface area contributed by atoms with Crippen molar-refractivity contribution in [2.75, 3.05) is 0 Å². The Morgan fingerprint density at radius 2 is 2.13 bits per heavy atom. The van der Waals surface area contributed by atoms with E-state index in [1.807, 2.05) is 6.92 Å². The summed E-state index contributed by atoms with van der Waals surface area (Å²) >= 11 is 0. The third-order valence-electron chi connectivity index (χ3n) is 1.90. The Bertz CT molecular complexity index is 472. The van der Waals surface area contributed by atoms with Crippen LogP contribution in [-0.4, -0.2) is 20.2 Å². The van der Waals surface area contributed by atoms with E-state index in [4.69, 9.17) is 5.11 Å². The second-order valence-corrected chi connectivity index (χ2v) is 3.11. The van der Waals surface area contributed by atoms with Crippen molar-refractivity contribution in [1.29, 1.82) is 0 Å². The van der Waals surface area contributed by atoms with Gasteiger partial charge in [0.25, 0.3) is 5.56 Å². The zero-order chi connectivity index (χ0) is 11.4. The van der Waals surface area contributed by atoms with Crippen molar-refractivity contribution < 1.29 is 9.90 Å². The fraction of sp³-hybridized carbons (Fsp3) is 0.444. The van der Waals surface area contributed by atoms with E-state index in [2.05, 4.69) is 0 Å². The summed E-state index contributed by atoms with van der Waals surface area (Å²) in [6.07, 6.45) is 2.12. The van der Waals surface area contributed by atoms with Crippen LogP contribution in [0.5, 0.6) is 0 Å². The maximum Gasteiger partial charge on any atom is 0.331 e. The fourth-order valence-corrected chi connectivity index (χ4v) is 1.25. The Morgan fingerprint density at radius 1 is 1.47 bits per heavy atom. The third kappa shape index (κ3) is 2.55. The number of aromatic nitrogens is 2. The van der Waals surface area contributed by atoms with Crippen LogP contribution in [0, 0.1) is 0 Å². The topological polar surface area (TPSA) is 81.3 Å². The van der Waals surface area contributed by atoms with Gasteiger partial charge in [-0.15, -0.1) is 0 Å². The molecule has 0 unspecified atom stereocenters. The van der Waals surface area contributed by atoms with Crippen molar-refractivity contribution in [2.45, 2.75) is 26.4 Å². The van der Waals surface area contributed by atoms with Crippen molar-refractivity contribution in [3.63, 3.8) is 0 Å². The van der Waals surface area contributed by atoms with Gasteiger partial charge in [-0.1, -0.05) is 6.92 Å². The zero-order valence-electron chi connectivity index (χ0n) is 8.34. The summed E-state index contributed by atoms with van der Waals surface area (Å²) in [5, 5.41) is 8.53. The van der Waals surface area contributed by atoms with Crippen LogP contribution in [0.4, 0.5) is 0 Å². The van der Waals surface area contributed by atoms with Gasteiger partial charge in [-0.25, -0.2) is 9.36 Å². The quantitative estimate of drug-likeness (QED) is 0.729. The Kier molecular flexibility index (Phi) is 3.43. The Hall–Kier alpha value is -1.85. The first-order valence-corrected chi connectivity index (χ1v) is 4.58. The molecule has 0 radical (unpaired) electrons. The molecule has 0 atom stereocenters. The van der Waals surface area contributed by atoms with Crippen LogP contribution < -0.4 is 11.2 Å². The van der Waals surface area contributed by atoms with Crippen LogP contribution in [0.2, 0.25) is 0 Å². The summed E-state index contributed by atoms with van der Waals surface area (Å²) < 4.78 is 2.03. The maximum absolute atomic E-state index is 11.6. The van der Waals surface area contributed by atoms with Crippen LogP contribution in [0.15, 0.2) is 21.9 Å². The smallest absolute Gasteiger partial charge is 0.331 e. The van der Waals surface area contributed by atoms with Crippen molar-refractivity contribution in [3.8, 4) is 0 Å². The zero-order valence-corrected chi connectivity index (χ0v) is 8.34. The molecule has 1 aromatic rings. The normalized spacial score (nSPS) is 10.2. The minimum Gasteiger partial charge on any atom is -0.480 e. The second kappa shape index (κ2) is 4.59. The van der Waals surface area contributed by atoms with Gasteiger partial charge in [0.05, 0.1) is 0 Å². The molecular formula is C9H12N2O4. The standard InChI is InChI=1S/C9H12N2O4/c1-2-4-10-5-3-7(12)11(9(10)15)6-8(13)14/h3,5H,2,4,6H2,1H3,(H,13,14). The predicted molar refractivity (Wildman–Crippen MR) is 52.9 cm³/mol. The first-order chi connectivity index (χ1) is 7.06. The number of carbonyl (C=O) groups is 1. The molecule has 0 aromatic carbocycles. The van der Waals surface area contributed by atoms with E-state index in [-0.39, 0.29) is 0 Å². The fourth-order valence-electron chi connectivity index (χ4n) is 1.25. The van der Waals surface area contributed by atoms with Crippen LogP contribution >= 0.6 is 0 Å². The molecule has 0 spiro atoms. The van der Waals surface area contributed by atoms with E-state index < -0.39 is 23.8 Å². The SMILES string of the molecule is CCCn1ccc(=O)n(CC(=O)O)c1=O. The highest BCUT2D eigenvalue weighted by Gasteiger charge is 2.07. The number of rotatable bonds is 4. The summed E-state index contributed by atoms with van der Waals surface area (Å²) in [7, 11) is 0. The molecule has 0 bridgehead atoms. The Balaban J connectivity index is 3.24. The number of aryl methyl sites for hydroxylation is 1. The van der Waals surface area contributed by atoms with Crippen LogP contribution in [0.3, 0.4) is 0 Å². The first kappa shape index (κ1) is 11.2. The molecule has 0 saturated carbocycles. The predicted octanol–water partition coefficient (Wildman–Crippen LogP) is -0.495. The summed E-state index contributed by atoms with van der Waals surface area (Å²) in [6.45, 7) is 1.76. The molecule has 1 N–H and O–H groups in total. The lowest BCUT2D eigenvalue weighted by atomic mass is 10.4. The molecule has 0 aliphatic carbocycles. The van der Waals surface area contributed by atoms with E-state index in [1.54, 1.807) is 0 Å². The van der Waals surface area contributed by atoms with Gasteiger partial charge < -0.3 is 9.67 Å². The lowest BCUT2D eigenvalue weighted by Crippen LogP contribution is -2.40. The van der Waals surface area contributed by atoms with E-state index in [0.717, 1.165) is 6.42 Å². The number of hydrogen-bond donors (Lipinski definition) is 1. The van der Waals surface area contributed by atoms with E-state index in [9.17, 15) is 14.4 Å². The average molecular weight is 212 g/mol. The molecule has 0 amide bonds. The summed E-state index contributed by atoms with van der Waals surface area (Å²) in [6, 6.07) is 1.19. The minimum absolute atomic E-state index is 0.471. The van der Waals surface area contributed by atoms with E-state index in [1.165, 1.54) is 16.8 Å². The van der Waals surface area contributed by atoms with E-state index in [0.29, 0.717) is 11.1 Å². The van der Waals surface area contributed by atoms with Crippen molar-refractivity contribution in [3.05, 3.63) is 33.1 Å². The highest BCUT2D eigenvalue weighted by molar-refractivity contribution is 5.66. The molecule has 1 rings (SSSR count). The lowest BCUT2D eigenvalue weighted by molar-refractivity contribution is -0.137. The molecule has 0 fully saturated rings. The molecular weight excluding hydrogens is 200 g/mol. The van der Waals surface area contributed by atoms with Gasteiger partial charge in [0.1, 0.15) is 6.54 Å². The van der Waals surface area contributed by atoms with E-state index >= 15 is 0 Å². The van der Waals surface area contributed by atoms with Gasteiger partial charge in [0.2, 0.25) is 0 Å². The molecule has 0 saturated heterocycles. The Morgan fingerprint density at radius 3 is 2.67 bits per heavy atom. The maximum atomic E-state index is 11.6. The van der Waals surface area contributed by atoms with Crippen LogP contribution in [0.25, 0.3) is 0 Å². The molecule has 1 heterocycles. The molecule has 15 heavy (non-hydrogen) atoms. The number of carboxylic acid groups (broad SMARTS) is 1. The highest BCUT2D eigenvalue weighted by atomic mass is 16.4. The van der Waals surface area contributed by atoms with Crippen molar-refractivity contribution in [1.82, 2.24) is 9.13 Å². The average Bonchev–Trinajstić information content (AvgIpc) is 2.17. The van der Waals surface area contributed by atoms with Crippen molar-refractivity contribution in [2.24, 2.45) is 0 Å². The Labute approximate surface area is 85.4 Å². The van der Waals surface area contributed by atoms with Crippen molar-refractivity contribution >= 4 is 5.97 Å². The van der Waals surface area contributed by atoms with Gasteiger partial charge in [0.15, 0.2) is 0 Å². The monoisotopic (exact) mass is 212 g/mol. The van der Waals surface area contributed by atoms with Gasteiger partial charge >= 0.3 is 11.7 Å². The van der Waals surface area contributed by atoms with Gasteiger partial charge in [-0.05, 0) is 6.42 Å². The summed E-state index contributed by atoms with van der Waals surface area (Å²) in [5.41, 5.74) is -1.17. The molecule has 6 nitrogen and oxygen atoms in total.